The lowest BCUT2D eigenvalue weighted by Gasteiger charge is -2.39. The van der Waals surface area contributed by atoms with E-state index in [2.05, 4.69) is 5.32 Å². The van der Waals surface area contributed by atoms with Gasteiger partial charge in [0.15, 0.2) is 0 Å². The summed E-state index contributed by atoms with van der Waals surface area (Å²) in [5.41, 5.74) is -0.213. The summed E-state index contributed by atoms with van der Waals surface area (Å²) >= 11 is 6.11. The number of rotatable bonds is 3. The second-order valence-corrected chi connectivity index (χ2v) is 7.14. The molecule has 1 aliphatic rings. The van der Waals surface area contributed by atoms with Crippen molar-refractivity contribution in [2.45, 2.75) is 39.2 Å². The number of hydrogen-bond acceptors (Lipinski definition) is 4. The highest BCUT2D eigenvalue weighted by atomic mass is 35.5. The number of esters is 1. The maximum atomic E-state index is 12.4. The van der Waals surface area contributed by atoms with Crippen LogP contribution in [0.1, 0.15) is 39.2 Å². The summed E-state index contributed by atoms with van der Waals surface area (Å²) < 4.78 is 11.3. The number of ether oxygens (including phenoxy) is 2. The second kappa shape index (κ2) is 6.47. The van der Waals surface area contributed by atoms with Gasteiger partial charge in [-0.15, -0.1) is 0 Å². The van der Waals surface area contributed by atoms with Gasteiger partial charge < -0.3 is 14.8 Å². The van der Waals surface area contributed by atoms with Gasteiger partial charge in [0.05, 0.1) is 17.5 Å². The number of carbonyl (C=O) groups is 1. The molecule has 0 spiro atoms. The van der Waals surface area contributed by atoms with Gasteiger partial charge in [-0.25, -0.2) is 0 Å². The van der Waals surface area contributed by atoms with Gasteiger partial charge in [-0.1, -0.05) is 17.7 Å². The van der Waals surface area contributed by atoms with Gasteiger partial charge in [0.2, 0.25) is 0 Å². The maximum absolute atomic E-state index is 12.4. The van der Waals surface area contributed by atoms with Crippen molar-refractivity contribution in [1.82, 2.24) is 5.32 Å². The summed E-state index contributed by atoms with van der Waals surface area (Å²) in [6, 6.07) is 5.60. The first-order valence-corrected chi connectivity index (χ1v) is 7.94. The van der Waals surface area contributed by atoms with E-state index >= 15 is 0 Å². The van der Waals surface area contributed by atoms with E-state index in [-0.39, 0.29) is 5.97 Å². The largest absolute Gasteiger partial charge is 0.495 e. The Morgan fingerprint density at radius 2 is 1.91 bits per heavy atom. The molecule has 0 radical (unpaired) electrons. The molecule has 0 unspecified atom stereocenters. The fourth-order valence-corrected chi connectivity index (χ4v) is 2.75. The zero-order valence-corrected chi connectivity index (χ0v) is 14.4. The Bertz CT molecular complexity index is 545. The molecule has 0 amide bonds. The summed E-state index contributed by atoms with van der Waals surface area (Å²) in [6.07, 6.45) is 1.47. The van der Waals surface area contributed by atoms with Gasteiger partial charge >= 0.3 is 5.97 Å². The molecule has 0 aromatic heterocycles. The van der Waals surface area contributed by atoms with Crippen LogP contribution < -0.4 is 10.1 Å². The van der Waals surface area contributed by atoms with Crippen molar-refractivity contribution < 1.29 is 14.3 Å². The van der Waals surface area contributed by atoms with Crippen molar-refractivity contribution in [2.24, 2.45) is 5.41 Å². The first-order chi connectivity index (χ1) is 10.3. The third kappa shape index (κ3) is 3.55. The molecule has 0 saturated carbocycles. The highest BCUT2D eigenvalue weighted by Gasteiger charge is 2.40. The second-order valence-electron chi connectivity index (χ2n) is 6.73. The molecule has 1 aliphatic heterocycles. The molecule has 22 heavy (non-hydrogen) atoms. The molecule has 1 aromatic rings. The number of benzene rings is 1. The maximum Gasteiger partial charge on any atom is 0.312 e. The van der Waals surface area contributed by atoms with Gasteiger partial charge in [0.25, 0.3) is 0 Å². The summed E-state index contributed by atoms with van der Waals surface area (Å²) in [4.78, 5) is 12.4. The summed E-state index contributed by atoms with van der Waals surface area (Å²) in [6.45, 7) is 7.22. The molecule has 4 nitrogen and oxygen atoms in total. The Morgan fingerprint density at radius 1 is 1.27 bits per heavy atom. The van der Waals surface area contributed by atoms with Crippen LogP contribution in [0.3, 0.4) is 0 Å². The fourth-order valence-electron chi connectivity index (χ4n) is 2.55. The zero-order chi connectivity index (χ0) is 16.4. The first-order valence-electron chi connectivity index (χ1n) is 7.57. The van der Waals surface area contributed by atoms with Crippen molar-refractivity contribution in [2.75, 3.05) is 20.2 Å². The van der Waals surface area contributed by atoms with Crippen LogP contribution in [0.25, 0.3) is 0 Å². The van der Waals surface area contributed by atoms with Gasteiger partial charge in [0.1, 0.15) is 11.4 Å². The Labute approximate surface area is 137 Å². The lowest BCUT2D eigenvalue weighted by atomic mass is 9.84. The normalized spacial score (nSPS) is 17.9. The average Bonchev–Trinajstić information content (AvgIpc) is 2.47. The number of hydrogen-bond donors (Lipinski definition) is 1. The molecule has 1 fully saturated rings. The molecule has 1 heterocycles. The highest BCUT2D eigenvalue weighted by Crippen LogP contribution is 2.39. The lowest BCUT2D eigenvalue weighted by Crippen LogP contribution is -2.45. The molecule has 1 N–H and O–H groups in total. The predicted octanol–water partition coefficient (Wildman–Crippen LogP) is 3.52. The Hall–Kier alpha value is -1.26. The number of nitrogens with one attached hydrogen (secondary N) is 1. The SMILES string of the molecule is COc1cc(C2(OC(=O)C(C)(C)C)CCNCC2)ccc1Cl. The zero-order valence-electron chi connectivity index (χ0n) is 13.7. The molecule has 1 aromatic carbocycles. The van der Waals surface area contributed by atoms with E-state index in [9.17, 15) is 4.79 Å². The quantitative estimate of drug-likeness (QED) is 0.864. The van der Waals surface area contributed by atoms with Crippen LogP contribution in [0.4, 0.5) is 0 Å². The Kier molecular flexibility index (Phi) is 5.03. The van der Waals surface area contributed by atoms with Crippen molar-refractivity contribution >= 4 is 17.6 Å². The van der Waals surface area contributed by atoms with Crippen LogP contribution in [-0.2, 0) is 15.1 Å². The van der Waals surface area contributed by atoms with Crippen LogP contribution in [-0.4, -0.2) is 26.2 Å². The fraction of sp³-hybridized carbons (Fsp3) is 0.588. The lowest BCUT2D eigenvalue weighted by molar-refractivity contribution is -0.174. The third-order valence-corrected chi connectivity index (χ3v) is 4.30. The van der Waals surface area contributed by atoms with Gasteiger partial charge in [0, 0.05) is 12.8 Å². The molecule has 1 saturated heterocycles. The van der Waals surface area contributed by atoms with Gasteiger partial charge in [-0.2, -0.15) is 0 Å². The minimum absolute atomic E-state index is 0.191. The molecule has 5 heteroatoms. The van der Waals surface area contributed by atoms with Crippen LogP contribution in [0, 0.1) is 5.41 Å². The smallest absolute Gasteiger partial charge is 0.312 e. The van der Waals surface area contributed by atoms with E-state index in [0.717, 1.165) is 31.5 Å². The number of piperidine rings is 1. The van der Waals surface area contributed by atoms with E-state index < -0.39 is 11.0 Å². The van der Waals surface area contributed by atoms with E-state index in [1.54, 1.807) is 13.2 Å². The van der Waals surface area contributed by atoms with Crippen LogP contribution in [0.15, 0.2) is 18.2 Å². The molecule has 0 atom stereocenters. The molecular formula is C17H24ClNO3. The third-order valence-electron chi connectivity index (χ3n) is 3.99. The molecule has 0 aliphatic carbocycles. The van der Waals surface area contributed by atoms with Crippen LogP contribution >= 0.6 is 11.6 Å². The Morgan fingerprint density at radius 3 is 2.45 bits per heavy atom. The molecular weight excluding hydrogens is 302 g/mol. The van der Waals surface area contributed by atoms with Crippen LogP contribution in [0.2, 0.25) is 5.02 Å². The highest BCUT2D eigenvalue weighted by molar-refractivity contribution is 6.32. The number of halogens is 1. The standard InChI is InChI=1S/C17H24ClNO3/c1-16(2,3)15(20)22-17(7-9-19-10-8-17)12-5-6-13(18)14(11-12)21-4/h5-6,11,19H,7-10H2,1-4H3. The summed E-state index contributed by atoms with van der Waals surface area (Å²) in [5.74, 6) is 0.409. The van der Waals surface area contributed by atoms with Crippen LogP contribution in [0.5, 0.6) is 5.75 Å². The molecule has 2 rings (SSSR count). The first kappa shape index (κ1) is 17.1. The minimum atomic E-state index is -0.618. The topological polar surface area (TPSA) is 47.6 Å². The van der Waals surface area contributed by atoms with E-state index in [1.807, 2.05) is 32.9 Å². The minimum Gasteiger partial charge on any atom is -0.495 e. The molecule has 122 valence electrons. The average molecular weight is 326 g/mol. The van der Waals surface area contributed by atoms with Crippen molar-refractivity contribution in [3.63, 3.8) is 0 Å². The number of methoxy groups -OCH3 is 1. The van der Waals surface area contributed by atoms with Crippen molar-refractivity contribution in [3.8, 4) is 5.75 Å². The Balaban J connectivity index is 2.39. The molecule has 0 bridgehead atoms. The van der Waals surface area contributed by atoms with E-state index in [1.165, 1.54) is 0 Å². The monoisotopic (exact) mass is 325 g/mol. The van der Waals surface area contributed by atoms with Crippen molar-refractivity contribution in [3.05, 3.63) is 28.8 Å². The predicted molar refractivity (Wildman–Crippen MR) is 87.3 cm³/mol. The van der Waals surface area contributed by atoms with Gasteiger partial charge in [-0.05, 0) is 51.6 Å². The number of carbonyl (C=O) groups excluding carboxylic acids is 1. The summed E-state index contributed by atoms with van der Waals surface area (Å²) in [7, 11) is 1.58. The van der Waals surface area contributed by atoms with Crippen molar-refractivity contribution in [1.29, 1.82) is 0 Å². The van der Waals surface area contributed by atoms with Gasteiger partial charge in [-0.3, -0.25) is 4.79 Å². The van der Waals surface area contributed by atoms with E-state index in [4.69, 9.17) is 21.1 Å². The summed E-state index contributed by atoms with van der Waals surface area (Å²) in [5, 5.41) is 3.87. The van der Waals surface area contributed by atoms with E-state index in [0.29, 0.717) is 10.8 Å².